The smallest absolute Gasteiger partial charge is 0.274 e. The Morgan fingerprint density at radius 3 is 2.57 bits per heavy atom. The molecule has 0 aromatic heterocycles. The zero-order valence-electron chi connectivity index (χ0n) is 8.23. The monoisotopic (exact) mass is 219 g/mol. The van der Waals surface area contributed by atoms with Crippen molar-refractivity contribution in [2.75, 3.05) is 6.54 Å². The molecule has 0 bridgehead atoms. The summed E-state index contributed by atoms with van der Waals surface area (Å²) in [6, 6.07) is 0.897. The molecular formula is C8H17N3O2S. The number of nitrogens with one attached hydrogen (secondary N) is 2. The molecule has 1 aliphatic heterocycles. The lowest BCUT2D eigenvalue weighted by Crippen LogP contribution is -2.64. The van der Waals surface area contributed by atoms with Gasteiger partial charge in [-0.3, -0.25) is 0 Å². The summed E-state index contributed by atoms with van der Waals surface area (Å²) in [4.78, 5) is 0. The lowest BCUT2D eigenvalue weighted by molar-refractivity contribution is 0.139. The van der Waals surface area contributed by atoms with Crippen LogP contribution in [0, 0.1) is 11.8 Å². The van der Waals surface area contributed by atoms with Crippen molar-refractivity contribution in [1.82, 2.24) is 10.0 Å². The summed E-state index contributed by atoms with van der Waals surface area (Å²) in [6.45, 7) is 2.54. The second kappa shape index (κ2) is 3.44. The van der Waals surface area contributed by atoms with Gasteiger partial charge in [-0.25, -0.2) is 9.86 Å². The van der Waals surface area contributed by atoms with Crippen LogP contribution in [-0.2, 0) is 10.2 Å². The number of hydrogen-bond donors (Lipinski definition) is 3. The second-order valence-corrected chi connectivity index (χ2v) is 5.75. The molecule has 2 rings (SSSR count). The normalized spacial score (nSPS) is 38.0. The first-order chi connectivity index (χ1) is 6.47. The third-order valence-corrected chi connectivity index (χ3v) is 3.78. The van der Waals surface area contributed by atoms with E-state index in [1.54, 1.807) is 0 Å². The van der Waals surface area contributed by atoms with E-state index in [-0.39, 0.29) is 0 Å². The van der Waals surface area contributed by atoms with E-state index in [0.29, 0.717) is 24.5 Å². The molecular weight excluding hydrogens is 202 g/mol. The van der Waals surface area contributed by atoms with Crippen molar-refractivity contribution in [1.29, 1.82) is 0 Å². The average molecular weight is 219 g/mol. The molecule has 5 nitrogen and oxygen atoms in total. The van der Waals surface area contributed by atoms with E-state index in [1.165, 1.54) is 12.8 Å². The molecule has 1 saturated heterocycles. The van der Waals surface area contributed by atoms with Crippen molar-refractivity contribution in [2.24, 2.45) is 17.0 Å². The summed E-state index contributed by atoms with van der Waals surface area (Å²) in [5, 5.41) is 8.30. The zero-order chi connectivity index (χ0) is 10.3. The fourth-order valence-electron chi connectivity index (χ4n) is 2.20. The Hall–Kier alpha value is -0.170. The zero-order valence-corrected chi connectivity index (χ0v) is 9.05. The lowest BCUT2D eigenvalue weighted by atomic mass is 9.81. The first kappa shape index (κ1) is 10.4. The number of hydrogen-bond acceptors (Lipinski definition) is 3. The highest BCUT2D eigenvalue weighted by Crippen LogP contribution is 2.40. The maximum Gasteiger partial charge on any atom is 0.274 e. The van der Waals surface area contributed by atoms with Crippen molar-refractivity contribution in [2.45, 2.75) is 31.8 Å². The Labute approximate surface area is 84.6 Å². The third kappa shape index (κ3) is 2.25. The van der Waals surface area contributed by atoms with Crippen LogP contribution in [0.25, 0.3) is 0 Å². The fraction of sp³-hybridized carbons (Fsp3) is 1.00. The topological polar surface area (TPSA) is 84.2 Å². The largest absolute Gasteiger partial charge is 0.310 e. The van der Waals surface area contributed by atoms with Crippen molar-refractivity contribution < 1.29 is 8.42 Å². The van der Waals surface area contributed by atoms with Crippen molar-refractivity contribution in [3.05, 3.63) is 0 Å². The van der Waals surface area contributed by atoms with Gasteiger partial charge in [0.25, 0.3) is 10.2 Å². The minimum absolute atomic E-state index is 0.398. The molecule has 4 N–H and O–H groups in total. The van der Waals surface area contributed by atoms with E-state index in [1.807, 2.05) is 0 Å². The van der Waals surface area contributed by atoms with Crippen LogP contribution in [0.5, 0.6) is 0 Å². The summed E-state index contributed by atoms with van der Waals surface area (Å²) in [5.74, 6) is 1.17. The predicted molar refractivity (Wildman–Crippen MR) is 53.7 cm³/mol. The van der Waals surface area contributed by atoms with Gasteiger partial charge in [0.05, 0.1) is 0 Å². The maximum atomic E-state index is 10.7. The molecule has 82 valence electrons. The molecule has 0 spiro atoms. The molecule has 0 aromatic carbocycles. The van der Waals surface area contributed by atoms with Gasteiger partial charge in [-0.2, -0.15) is 8.42 Å². The molecule has 2 fully saturated rings. The summed E-state index contributed by atoms with van der Waals surface area (Å²) in [6.07, 6.45) is 2.55. The Bertz CT molecular complexity index is 313. The molecule has 0 amide bonds. The molecule has 1 unspecified atom stereocenters. The SMILES string of the molecule is C[C@@H]1N[C@H](C2CC2)C1CNS(N)(=O)=O. The van der Waals surface area contributed by atoms with Gasteiger partial charge >= 0.3 is 0 Å². The van der Waals surface area contributed by atoms with Crippen molar-refractivity contribution in [3.63, 3.8) is 0 Å². The average Bonchev–Trinajstić information content (AvgIpc) is 2.80. The standard InChI is InChI=1S/C8H17N3O2S/c1-5-7(4-10-14(9,12)13)8(11-5)6-2-3-6/h5-8,10-11H,2-4H2,1H3,(H2,9,12,13)/t5-,7?,8+/m0/s1. The first-order valence-corrected chi connectivity index (χ1v) is 6.55. The Kier molecular flexibility index (Phi) is 2.55. The minimum Gasteiger partial charge on any atom is -0.310 e. The Morgan fingerprint density at radius 1 is 1.50 bits per heavy atom. The molecule has 1 heterocycles. The van der Waals surface area contributed by atoms with E-state index in [2.05, 4.69) is 17.0 Å². The molecule has 3 atom stereocenters. The Morgan fingerprint density at radius 2 is 2.14 bits per heavy atom. The molecule has 1 aliphatic carbocycles. The minimum atomic E-state index is -3.53. The summed E-state index contributed by atoms with van der Waals surface area (Å²) in [7, 11) is -3.53. The van der Waals surface area contributed by atoms with Crippen LogP contribution < -0.4 is 15.2 Å². The van der Waals surface area contributed by atoms with Crippen LogP contribution in [0.3, 0.4) is 0 Å². The van der Waals surface area contributed by atoms with Crippen LogP contribution >= 0.6 is 0 Å². The molecule has 0 radical (unpaired) electrons. The predicted octanol–water partition coefficient (Wildman–Crippen LogP) is -0.834. The quantitative estimate of drug-likeness (QED) is 0.577. The van der Waals surface area contributed by atoms with Crippen LogP contribution in [0.15, 0.2) is 0 Å². The van der Waals surface area contributed by atoms with Gasteiger partial charge in [-0.05, 0) is 25.7 Å². The van der Waals surface area contributed by atoms with Gasteiger partial charge in [0.1, 0.15) is 0 Å². The molecule has 1 saturated carbocycles. The fourth-order valence-corrected chi connectivity index (χ4v) is 2.63. The summed E-state index contributed by atoms with van der Waals surface area (Å²) in [5.41, 5.74) is 0. The van der Waals surface area contributed by atoms with Gasteiger partial charge in [0.2, 0.25) is 0 Å². The van der Waals surface area contributed by atoms with E-state index >= 15 is 0 Å². The summed E-state index contributed by atoms with van der Waals surface area (Å²) < 4.78 is 23.8. The van der Waals surface area contributed by atoms with Crippen LogP contribution in [-0.4, -0.2) is 27.0 Å². The highest BCUT2D eigenvalue weighted by atomic mass is 32.2. The van der Waals surface area contributed by atoms with Crippen LogP contribution in [0.4, 0.5) is 0 Å². The third-order valence-electron chi connectivity index (χ3n) is 3.21. The highest BCUT2D eigenvalue weighted by molar-refractivity contribution is 7.87. The lowest BCUT2D eigenvalue weighted by Gasteiger charge is -2.45. The molecule has 2 aliphatic rings. The number of nitrogens with two attached hydrogens (primary N) is 1. The van der Waals surface area contributed by atoms with Crippen LogP contribution in [0.2, 0.25) is 0 Å². The van der Waals surface area contributed by atoms with E-state index in [4.69, 9.17) is 5.14 Å². The molecule has 0 aromatic rings. The molecule has 6 heteroatoms. The van der Waals surface area contributed by atoms with Gasteiger partial charge in [-0.15, -0.1) is 0 Å². The van der Waals surface area contributed by atoms with E-state index in [0.717, 1.165) is 5.92 Å². The van der Waals surface area contributed by atoms with Gasteiger partial charge in [0.15, 0.2) is 0 Å². The van der Waals surface area contributed by atoms with Gasteiger partial charge < -0.3 is 5.32 Å². The maximum absolute atomic E-state index is 10.7. The Balaban J connectivity index is 1.83. The summed E-state index contributed by atoms with van der Waals surface area (Å²) >= 11 is 0. The van der Waals surface area contributed by atoms with Gasteiger partial charge in [-0.1, -0.05) is 0 Å². The first-order valence-electron chi connectivity index (χ1n) is 5.01. The second-order valence-electron chi connectivity index (χ2n) is 4.38. The highest BCUT2D eigenvalue weighted by Gasteiger charge is 2.45. The van der Waals surface area contributed by atoms with E-state index in [9.17, 15) is 8.42 Å². The molecule has 14 heavy (non-hydrogen) atoms. The van der Waals surface area contributed by atoms with Gasteiger partial charge in [0, 0.05) is 24.5 Å². The van der Waals surface area contributed by atoms with Crippen molar-refractivity contribution >= 4 is 10.2 Å². The van der Waals surface area contributed by atoms with E-state index < -0.39 is 10.2 Å². The van der Waals surface area contributed by atoms with Crippen LogP contribution in [0.1, 0.15) is 19.8 Å². The number of rotatable bonds is 4. The van der Waals surface area contributed by atoms with Crippen molar-refractivity contribution in [3.8, 4) is 0 Å².